The predicted molar refractivity (Wildman–Crippen MR) is 464 cm³/mol. The van der Waals surface area contributed by atoms with Gasteiger partial charge in [0.15, 0.2) is 0 Å². The van der Waals surface area contributed by atoms with Crippen LogP contribution in [0.15, 0.2) is 48.6 Å². The van der Waals surface area contributed by atoms with Crippen LogP contribution in [0.4, 0.5) is 0 Å². The molecule has 0 N–H and O–H groups in total. The molecule has 0 fully saturated rings. The zero-order chi connectivity index (χ0) is 70.9. The van der Waals surface area contributed by atoms with E-state index in [2.05, 4.69) is 76.3 Å². The van der Waals surface area contributed by atoms with Crippen LogP contribution in [0.25, 0.3) is 0 Å². The fourth-order valence-electron chi connectivity index (χ4n) is 11.0. The van der Waals surface area contributed by atoms with E-state index in [9.17, 15) is 19.2 Å². The largest absolute Gasteiger partial charge is 2.00 e. The first-order chi connectivity index (χ1) is 47.2. The average Bonchev–Trinajstić information content (AvgIpc) is 3.82. The molecular weight excluding hydrogens is 1560 g/mol. The van der Waals surface area contributed by atoms with E-state index >= 15 is 0 Å². The SMILES string of the molecule is C.C.CCCCCC/C=C/CCCCCCCCCCC(=O)OCC[S-].CCCCCC/C=C/CCCCCCCCCCC(=O)OCC[S-].CCCCCC/C=C/CCCCCCCCCCC(=O)OCC[S-].CCCCCC/C=C/CCCCCCCCCCC(=O)OCC[S-].S.[Sn+2].[Sn+2]. The standard InChI is InChI=1S/4C21H40O2S.2CH4.H2S.2Sn/c4*1-2-3-4-5-6-7-8-9-10-11-12-13-14-15-16-17-18-21(22)23-19-20-24;;;;;/h4*7-8,24H,2-6,9-20H2,1H3;2*1H4;1H2;;/q;;;;;;;2*+2/p-4/b4*8-7+;;;;;. The Kier molecular flexibility index (Phi) is 137. The minimum Gasteiger partial charge on any atom is -0.789 e. The maximum absolute atomic E-state index is 11.3. The van der Waals surface area contributed by atoms with Gasteiger partial charge in [0.2, 0.25) is 0 Å². The number of rotatable bonds is 72. The van der Waals surface area contributed by atoms with E-state index in [-0.39, 0.29) is 100 Å². The molecule has 8 nitrogen and oxygen atoms in total. The van der Waals surface area contributed by atoms with Crippen LogP contribution in [0.5, 0.6) is 0 Å². The molecule has 15 heteroatoms. The fraction of sp³-hybridized carbons (Fsp3) is 0.860. The first kappa shape index (κ1) is 120. The second-order valence-electron chi connectivity index (χ2n) is 26.4. The minimum absolute atomic E-state index is 0. The fourth-order valence-corrected chi connectivity index (χ4v) is 11.3. The van der Waals surface area contributed by atoms with Crippen LogP contribution in [0.3, 0.4) is 0 Å². The van der Waals surface area contributed by atoms with Gasteiger partial charge in [-0.25, -0.2) is 0 Å². The van der Waals surface area contributed by atoms with Crippen molar-refractivity contribution in [2.45, 2.75) is 428 Å². The molecule has 4 radical (unpaired) electrons. The molecule has 0 aromatic carbocycles. The Morgan fingerprint density at radius 1 is 0.218 bits per heavy atom. The molecule has 0 atom stereocenters. The summed E-state index contributed by atoms with van der Waals surface area (Å²) in [6.45, 7) is 10.6. The number of carbonyl (C=O) groups is 4. The molecule has 0 aliphatic rings. The van der Waals surface area contributed by atoms with Crippen LogP contribution < -0.4 is 0 Å². The summed E-state index contributed by atoms with van der Waals surface area (Å²) in [6, 6.07) is 0. The van der Waals surface area contributed by atoms with E-state index in [1.807, 2.05) is 0 Å². The molecule has 596 valence electrons. The third-order valence-electron chi connectivity index (χ3n) is 17.0. The quantitative estimate of drug-likeness (QED) is 0.0145. The van der Waals surface area contributed by atoms with Crippen LogP contribution in [0.1, 0.15) is 428 Å². The summed E-state index contributed by atoms with van der Waals surface area (Å²) in [5.41, 5.74) is 0. The average molecular weight is 1730 g/mol. The molecule has 0 unspecified atom stereocenters. The number of allylic oxidation sites excluding steroid dienone is 8. The van der Waals surface area contributed by atoms with Gasteiger partial charge in [-0.1, -0.05) is 322 Å². The van der Waals surface area contributed by atoms with Gasteiger partial charge >= 0.3 is 71.7 Å². The first-order valence-corrected chi connectivity index (χ1v) is 43.1. The van der Waals surface area contributed by atoms with Gasteiger partial charge in [-0.05, 0) is 128 Å². The Morgan fingerprint density at radius 2 is 0.337 bits per heavy atom. The molecule has 0 aromatic heterocycles. The van der Waals surface area contributed by atoms with Crippen molar-refractivity contribution in [3.8, 4) is 0 Å². The number of carbonyl (C=O) groups excluding carboxylic acids is 4. The second kappa shape index (κ2) is 116. The van der Waals surface area contributed by atoms with Gasteiger partial charge in [-0.15, -0.1) is 23.0 Å². The van der Waals surface area contributed by atoms with Gasteiger partial charge in [-0.3, -0.25) is 19.2 Å². The number of unbranched alkanes of at least 4 members (excludes halogenated alkanes) is 48. The van der Waals surface area contributed by atoms with Crippen molar-refractivity contribution in [1.82, 2.24) is 0 Å². The van der Waals surface area contributed by atoms with Crippen molar-refractivity contribution < 1.29 is 38.1 Å². The van der Waals surface area contributed by atoms with Crippen molar-refractivity contribution in [3.05, 3.63) is 48.6 Å². The van der Waals surface area contributed by atoms with Crippen molar-refractivity contribution in [2.75, 3.05) is 49.4 Å². The predicted octanol–water partition coefficient (Wildman–Crippen LogP) is 26.6. The van der Waals surface area contributed by atoms with Gasteiger partial charge in [-0.2, -0.15) is 13.5 Å². The summed E-state index contributed by atoms with van der Waals surface area (Å²) in [5.74, 6) is 1.66. The van der Waals surface area contributed by atoms with E-state index in [0.29, 0.717) is 75.1 Å². The number of hydrogen-bond donors (Lipinski definition) is 0. The molecule has 0 saturated heterocycles. The van der Waals surface area contributed by atoms with Crippen molar-refractivity contribution in [3.63, 3.8) is 0 Å². The Balaban J connectivity index is -0.000000157. The molecule has 101 heavy (non-hydrogen) atoms. The normalized spacial score (nSPS) is 10.7. The van der Waals surface area contributed by atoms with E-state index in [4.69, 9.17) is 69.5 Å². The molecule has 0 aliphatic carbocycles. The third-order valence-corrected chi connectivity index (χ3v) is 17.6. The summed E-state index contributed by atoms with van der Waals surface area (Å²) in [5, 5.41) is 0. The summed E-state index contributed by atoms with van der Waals surface area (Å²) in [4.78, 5) is 45.1. The summed E-state index contributed by atoms with van der Waals surface area (Å²) in [7, 11) is 0. The van der Waals surface area contributed by atoms with Gasteiger partial charge in [0.1, 0.15) is 0 Å². The van der Waals surface area contributed by atoms with Crippen molar-refractivity contribution >= 4 is 136 Å². The van der Waals surface area contributed by atoms with Crippen molar-refractivity contribution in [1.29, 1.82) is 0 Å². The van der Waals surface area contributed by atoms with Crippen molar-refractivity contribution in [2.24, 2.45) is 0 Å². The third kappa shape index (κ3) is 124. The Bertz CT molecular complexity index is 1410. The smallest absolute Gasteiger partial charge is 0.789 e. The molecule has 0 amide bonds. The molecule has 0 bridgehead atoms. The van der Waals surface area contributed by atoms with E-state index in [0.717, 1.165) is 51.4 Å². The van der Waals surface area contributed by atoms with E-state index in [1.165, 1.54) is 308 Å². The Labute approximate surface area is 693 Å². The number of hydrogen-bond acceptors (Lipinski definition) is 12. The monoisotopic (exact) mass is 1730 g/mol. The van der Waals surface area contributed by atoms with Gasteiger partial charge < -0.3 is 69.5 Å². The molecular formula is C86H166O8S5Sn2. The molecule has 0 rings (SSSR count). The van der Waals surface area contributed by atoms with Crippen LogP contribution in [0.2, 0.25) is 0 Å². The maximum Gasteiger partial charge on any atom is 2.00 e. The summed E-state index contributed by atoms with van der Waals surface area (Å²) >= 11 is 19.0. The molecule has 0 aromatic rings. The first-order valence-electron chi connectivity index (χ1n) is 40.8. The van der Waals surface area contributed by atoms with Crippen LogP contribution >= 0.6 is 13.5 Å². The molecule has 0 aliphatic heterocycles. The minimum atomic E-state index is -0.0849. The van der Waals surface area contributed by atoms with Gasteiger partial charge in [0, 0.05) is 25.7 Å². The number of ether oxygens (including phenoxy) is 4. The van der Waals surface area contributed by atoms with E-state index in [1.54, 1.807) is 0 Å². The number of esters is 4. The van der Waals surface area contributed by atoms with Crippen LogP contribution in [-0.4, -0.2) is 121 Å². The topological polar surface area (TPSA) is 105 Å². The zero-order valence-corrected chi connectivity index (χ0v) is 75.1. The zero-order valence-electron chi connectivity index (χ0n) is 65.1. The van der Waals surface area contributed by atoms with E-state index < -0.39 is 0 Å². The summed E-state index contributed by atoms with van der Waals surface area (Å²) < 4.78 is 19.9. The van der Waals surface area contributed by atoms with Crippen LogP contribution in [0, 0.1) is 0 Å². The molecule has 0 saturated carbocycles. The van der Waals surface area contributed by atoms with Gasteiger partial charge in [0.05, 0.1) is 26.4 Å². The summed E-state index contributed by atoms with van der Waals surface area (Å²) in [6.07, 6.45) is 93.1. The Morgan fingerprint density at radius 3 is 0.465 bits per heavy atom. The van der Waals surface area contributed by atoms with Crippen LogP contribution in [-0.2, 0) is 88.6 Å². The van der Waals surface area contributed by atoms with Gasteiger partial charge in [0.25, 0.3) is 0 Å². The maximum atomic E-state index is 11.3. The second-order valence-corrected chi connectivity index (χ2v) is 28.1. The Hall–Kier alpha value is 0.187. The molecule has 0 heterocycles. The molecule has 0 spiro atoms.